The molecule has 1 N–H and O–H groups in total. The molecule has 0 radical (unpaired) electrons. The molecule has 8 heteroatoms. The van der Waals surface area contributed by atoms with Gasteiger partial charge >= 0.3 is 5.97 Å². The van der Waals surface area contributed by atoms with Gasteiger partial charge in [0.25, 0.3) is 5.91 Å². The Morgan fingerprint density at radius 3 is 2.45 bits per heavy atom. The Morgan fingerprint density at radius 1 is 1.09 bits per heavy atom. The van der Waals surface area contributed by atoms with Gasteiger partial charge in [0, 0.05) is 29.7 Å². The number of pyridine rings is 1. The Hall–Kier alpha value is -3.94. The summed E-state index contributed by atoms with van der Waals surface area (Å²) in [7, 11) is 1.30. The molecular formula is C25H25N3O5. The molecule has 3 aromatic rings. The lowest BCUT2D eigenvalue weighted by Crippen LogP contribution is -2.46. The number of rotatable bonds is 7. The number of amides is 2. The monoisotopic (exact) mass is 447 g/mol. The Balaban J connectivity index is 1.78. The predicted octanol–water partition coefficient (Wildman–Crippen LogP) is 3.91. The lowest BCUT2D eigenvalue weighted by atomic mass is 10.0. The van der Waals surface area contributed by atoms with Gasteiger partial charge in [-0.05, 0) is 55.3 Å². The van der Waals surface area contributed by atoms with Crippen LogP contribution in [0.5, 0.6) is 0 Å². The van der Waals surface area contributed by atoms with Crippen LogP contribution in [0.25, 0.3) is 0 Å². The van der Waals surface area contributed by atoms with E-state index < -0.39 is 17.9 Å². The summed E-state index contributed by atoms with van der Waals surface area (Å²) in [5.41, 5.74) is 1.32. The van der Waals surface area contributed by atoms with E-state index in [2.05, 4.69) is 10.3 Å². The second-order valence-electron chi connectivity index (χ2n) is 7.87. The van der Waals surface area contributed by atoms with Crippen LogP contribution in [0.3, 0.4) is 0 Å². The van der Waals surface area contributed by atoms with Crippen molar-refractivity contribution in [3.63, 3.8) is 0 Å². The number of aromatic nitrogens is 1. The summed E-state index contributed by atoms with van der Waals surface area (Å²) in [6.07, 6.45) is 8.53. The van der Waals surface area contributed by atoms with Gasteiger partial charge in [0.1, 0.15) is 6.04 Å². The number of hydrogen-bond acceptors (Lipinski definition) is 6. The zero-order valence-corrected chi connectivity index (χ0v) is 18.3. The van der Waals surface area contributed by atoms with Gasteiger partial charge in [-0.25, -0.2) is 4.79 Å². The highest BCUT2D eigenvalue weighted by molar-refractivity contribution is 6.08. The normalized spacial score (nSPS) is 14.5. The second kappa shape index (κ2) is 10.1. The molecule has 0 aliphatic heterocycles. The molecule has 33 heavy (non-hydrogen) atoms. The molecule has 0 unspecified atom stereocenters. The van der Waals surface area contributed by atoms with Crippen LogP contribution in [0.15, 0.2) is 71.6 Å². The average molecular weight is 447 g/mol. The number of anilines is 1. The Morgan fingerprint density at radius 2 is 1.85 bits per heavy atom. The van der Waals surface area contributed by atoms with Crippen molar-refractivity contribution in [3.8, 4) is 0 Å². The van der Waals surface area contributed by atoms with Crippen LogP contribution in [0.4, 0.5) is 5.69 Å². The number of methoxy groups -OCH3 is 1. The number of nitrogens with zero attached hydrogens (tertiary/aromatic N) is 2. The first kappa shape index (κ1) is 22.3. The minimum Gasteiger partial charge on any atom is -0.465 e. The van der Waals surface area contributed by atoms with Crippen LogP contribution in [0.1, 0.15) is 58.2 Å². The van der Waals surface area contributed by atoms with Crippen LogP contribution >= 0.6 is 0 Å². The fourth-order valence-corrected chi connectivity index (χ4v) is 4.08. The number of furan rings is 1. The van der Waals surface area contributed by atoms with E-state index in [4.69, 9.17) is 9.15 Å². The average Bonchev–Trinajstić information content (AvgIpc) is 3.57. The zero-order chi connectivity index (χ0) is 23.2. The topological polar surface area (TPSA) is 102 Å². The fourth-order valence-electron chi connectivity index (χ4n) is 4.08. The molecule has 0 saturated heterocycles. The van der Waals surface area contributed by atoms with Gasteiger partial charge in [-0.1, -0.05) is 18.9 Å². The molecular weight excluding hydrogens is 422 g/mol. The molecule has 1 saturated carbocycles. The number of ether oxygens (including phenoxy) is 1. The molecule has 2 amide bonds. The van der Waals surface area contributed by atoms with Crippen LogP contribution in [-0.2, 0) is 9.53 Å². The van der Waals surface area contributed by atoms with Gasteiger partial charge in [0.15, 0.2) is 5.76 Å². The van der Waals surface area contributed by atoms with E-state index >= 15 is 0 Å². The molecule has 8 nitrogen and oxygen atoms in total. The zero-order valence-electron chi connectivity index (χ0n) is 18.3. The minimum absolute atomic E-state index is 0.0685. The van der Waals surface area contributed by atoms with E-state index in [0.29, 0.717) is 16.8 Å². The minimum atomic E-state index is -0.985. The number of benzene rings is 1. The molecule has 1 aliphatic rings. The van der Waals surface area contributed by atoms with Crippen molar-refractivity contribution in [2.24, 2.45) is 0 Å². The number of carbonyl (C=O) groups is 3. The van der Waals surface area contributed by atoms with E-state index in [9.17, 15) is 14.4 Å². The molecule has 4 rings (SSSR count). The lowest BCUT2D eigenvalue weighted by molar-refractivity contribution is -0.123. The maximum atomic E-state index is 13.6. The summed E-state index contributed by atoms with van der Waals surface area (Å²) in [6, 6.07) is 12.1. The third-order valence-corrected chi connectivity index (χ3v) is 5.73. The summed E-state index contributed by atoms with van der Waals surface area (Å²) in [5, 5.41) is 3.10. The van der Waals surface area contributed by atoms with Crippen molar-refractivity contribution in [2.75, 3.05) is 12.0 Å². The summed E-state index contributed by atoms with van der Waals surface area (Å²) in [5.74, 6) is -1.18. The highest BCUT2D eigenvalue weighted by atomic mass is 16.5. The second-order valence-corrected chi connectivity index (χ2v) is 7.87. The predicted molar refractivity (Wildman–Crippen MR) is 121 cm³/mol. The van der Waals surface area contributed by atoms with E-state index in [0.717, 1.165) is 25.7 Å². The molecule has 2 heterocycles. The van der Waals surface area contributed by atoms with Crippen LogP contribution < -0.4 is 10.2 Å². The van der Waals surface area contributed by atoms with Gasteiger partial charge in [-0.15, -0.1) is 0 Å². The smallest absolute Gasteiger partial charge is 0.337 e. The van der Waals surface area contributed by atoms with Crippen molar-refractivity contribution in [1.82, 2.24) is 10.3 Å². The molecule has 1 aliphatic carbocycles. The molecule has 2 aromatic heterocycles. The lowest BCUT2D eigenvalue weighted by Gasteiger charge is -2.31. The van der Waals surface area contributed by atoms with Crippen molar-refractivity contribution < 1.29 is 23.5 Å². The maximum Gasteiger partial charge on any atom is 0.337 e. The number of hydrogen-bond donors (Lipinski definition) is 1. The first-order valence-corrected chi connectivity index (χ1v) is 10.8. The third kappa shape index (κ3) is 4.95. The van der Waals surface area contributed by atoms with E-state index in [1.807, 2.05) is 0 Å². The molecule has 170 valence electrons. The highest BCUT2D eigenvalue weighted by Gasteiger charge is 2.36. The van der Waals surface area contributed by atoms with E-state index in [-0.39, 0.29) is 17.7 Å². The highest BCUT2D eigenvalue weighted by Crippen LogP contribution is 2.31. The summed E-state index contributed by atoms with van der Waals surface area (Å²) >= 11 is 0. The Kier molecular flexibility index (Phi) is 6.83. The Bertz CT molecular complexity index is 1090. The van der Waals surface area contributed by atoms with Crippen molar-refractivity contribution in [1.29, 1.82) is 0 Å². The molecule has 0 spiro atoms. The van der Waals surface area contributed by atoms with Crippen LogP contribution in [0.2, 0.25) is 0 Å². The third-order valence-electron chi connectivity index (χ3n) is 5.73. The quantitative estimate of drug-likeness (QED) is 0.551. The first-order valence-electron chi connectivity index (χ1n) is 10.8. The first-order chi connectivity index (χ1) is 16.1. The number of carbonyl (C=O) groups excluding carboxylic acids is 3. The summed E-state index contributed by atoms with van der Waals surface area (Å²) in [4.78, 5) is 44.6. The van der Waals surface area contributed by atoms with Gasteiger partial charge in [0.05, 0.1) is 18.9 Å². The van der Waals surface area contributed by atoms with Crippen LogP contribution in [-0.4, -0.2) is 35.9 Å². The van der Waals surface area contributed by atoms with Gasteiger partial charge in [-0.2, -0.15) is 0 Å². The van der Waals surface area contributed by atoms with E-state index in [1.54, 1.807) is 60.9 Å². The largest absolute Gasteiger partial charge is 0.465 e. The summed E-state index contributed by atoms with van der Waals surface area (Å²) < 4.78 is 10.1. The molecule has 1 aromatic carbocycles. The molecule has 1 atom stereocenters. The number of esters is 1. The maximum absolute atomic E-state index is 13.6. The number of nitrogens with one attached hydrogen (secondary N) is 1. The standard InChI is InChI=1S/C25H25N3O5/c1-32-25(31)17-10-12-20(13-11-17)28(24(30)21-9-5-15-33-21)22(18-6-4-14-26-16-18)23(29)27-19-7-2-3-8-19/h4-6,9-16,19,22H,2-3,7-8H2,1H3,(H,27,29)/t22-/m0/s1. The summed E-state index contributed by atoms with van der Waals surface area (Å²) in [6.45, 7) is 0. The van der Waals surface area contributed by atoms with Gasteiger partial charge in [-0.3, -0.25) is 19.5 Å². The van der Waals surface area contributed by atoms with Crippen molar-refractivity contribution in [3.05, 3.63) is 84.1 Å². The SMILES string of the molecule is COC(=O)c1ccc(N(C(=O)c2ccco2)[C@H](C(=O)NC2CCCC2)c2cccnc2)cc1. The van der Waals surface area contributed by atoms with Gasteiger partial charge in [0.2, 0.25) is 5.91 Å². The van der Waals surface area contributed by atoms with Gasteiger partial charge < -0.3 is 14.5 Å². The fraction of sp³-hybridized carbons (Fsp3) is 0.280. The molecule has 1 fully saturated rings. The van der Waals surface area contributed by atoms with Crippen molar-refractivity contribution >= 4 is 23.5 Å². The molecule has 0 bridgehead atoms. The Labute approximate surface area is 191 Å². The van der Waals surface area contributed by atoms with E-state index in [1.165, 1.54) is 18.3 Å². The van der Waals surface area contributed by atoms with Crippen molar-refractivity contribution in [2.45, 2.75) is 37.8 Å². The van der Waals surface area contributed by atoms with Crippen LogP contribution in [0, 0.1) is 0 Å².